The quantitative estimate of drug-likeness (QED) is 0.337. The van der Waals surface area contributed by atoms with Crippen molar-refractivity contribution >= 4 is 40.7 Å². The number of carbonyl (C=O) groups excluding carboxylic acids is 2. The van der Waals surface area contributed by atoms with Gasteiger partial charge in [-0.1, -0.05) is 35.3 Å². The van der Waals surface area contributed by atoms with Crippen molar-refractivity contribution in [2.45, 2.75) is 19.4 Å². The Morgan fingerprint density at radius 2 is 1.91 bits per heavy atom. The Morgan fingerprint density at radius 3 is 2.53 bits per heavy atom. The number of amides is 1. The first-order chi connectivity index (χ1) is 15.2. The Hall–Kier alpha value is -2.54. The van der Waals surface area contributed by atoms with Crippen molar-refractivity contribution in [3.05, 3.63) is 69.2 Å². The highest BCUT2D eigenvalue weighted by Gasteiger charge is 2.45. The fourth-order valence-electron chi connectivity index (χ4n) is 3.77. The summed E-state index contributed by atoms with van der Waals surface area (Å²) >= 11 is 12.5. The molecule has 0 bridgehead atoms. The molecule has 1 N–H and O–H groups in total. The van der Waals surface area contributed by atoms with Crippen LogP contribution in [0.2, 0.25) is 10.0 Å². The average molecular weight is 477 g/mol. The van der Waals surface area contributed by atoms with E-state index in [1.165, 1.54) is 11.0 Å². The summed E-state index contributed by atoms with van der Waals surface area (Å²) in [6.07, 6.45) is 0.673. The zero-order chi connectivity index (χ0) is 23.4. The second kappa shape index (κ2) is 10.4. The van der Waals surface area contributed by atoms with Gasteiger partial charge in [0.2, 0.25) is 0 Å². The summed E-state index contributed by atoms with van der Waals surface area (Å²) in [6, 6.07) is 11.0. The van der Waals surface area contributed by atoms with E-state index < -0.39 is 17.7 Å². The van der Waals surface area contributed by atoms with Gasteiger partial charge in [0.1, 0.15) is 11.5 Å². The van der Waals surface area contributed by atoms with Crippen LogP contribution in [0.15, 0.2) is 48.0 Å². The Bertz CT molecular complexity index is 1050. The first-order valence-corrected chi connectivity index (χ1v) is 11.1. The molecule has 1 aliphatic rings. The lowest BCUT2D eigenvalue weighted by Crippen LogP contribution is -2.32. The van der Waals surface area contributed by atoms with Crippen LogP contribution in [0.3, 0.4) is 0 Å². The molecule has 1 fully saturated rings. The van der Waals surface area contributed by atoms with Crippen molar-refractivity contribution in [1.29, 1.82) is 0 Å². The number of carbonyl (C=O) groups is 2. The van der Waals surface area contributed by atoms with Crippen LogP contribution in [0.25, 0.3) is 5.76 Å². The molecule has 1 saturated heterocycles. The van der Waals surface area contributed by atoms with Crippen molar-refractivity contribution in [1.82, 2.24) is 9.80 Å². The molecule has 32 heavy (non-hydrogen) atoms. The number of halogens is 2. The molecular formula is C24H26Cl2N2O4. The number of nitrogens with zero attached hydrogens (tertiary/aromatic N) is 2. The summed E-state index contributed by atoms with van der Waals surface area (Å²) < 4.78 is 5.44. The van der Waals surface area contributed by atoms with Crippen molar-refractivity contribution in [3.8, 4) is 5.75 Å². The van der Waals surface area contributed by atoms with Gasteiger partial charge in [0, 0.05) is 17.1 Å². The monoisotopic (exact) mass is 476 g/mol. The minimum absolute atomic E-state index is 0.0161. The van der Waals surface area contributed by atoms with Gasteiger partial charge >= 0.3 is 0 Å². The van der Waals surface area contributed by atoms with E-state index in [1.54, 1.807) is 36.4 Å². The lowest BCUT2D eigenvalue weighted by molar-refractivity contribution is -0.139. The number of Topliss-reactive ketones (excluding diaryl/α,β-unsaturated/α-hetero) is 1. The minimum Gasteiger partial charge on any atom is -0.507 e. The van der Waals surface area contributed by atoms with Crippen molar-refractivity contribution in [2.24, 2.45) is 0 Å². The highest BCUT2D eigenvalue weighted by atomic mass is 35.5. The average Bonchev–Trinajstić information content (AvgIpc) is 2.99. The van der Waals surface area contributed by atoms with Gasteiger partial charge in [-0.2, -0.15) is 0 Å². The van der Waals surface area contributed by atoms with E-state index in [9.17, 15) is 14.7 Å². The van der Waals surface area contributed by atoms with Gasteiger partial charge in [-0.25, -0.2) is 0 Å². The molecule has 0 unspecified atom stereocenters. The molecule has 3 rings (SSSR count). The first kappa shape index (κ1) is 24.1. The van der Waals surface area contributed by atoms with Crippen LogP contribution in [-0.2, 0) is 9.59 Å². The molecule has 0 radical (unpaired) electrons. The maximum atomic E-state index is 13.0. The fraction of sp³-hybridized carbons (Fsp3) is 0.333. The highest BCUT2D eigenvalue weighted by molar-refractivity contribution is 6.46. The van der Waals surface area contributed by atoms with E-state index in [1.807, 2.05) is 25.9 Å². The van der Waals surface area contributed by atoms with Crippen LogP contribution in [0, 0.1) is 0 Å². The number of ketones is 1. The summed E-state index contributed by atoms with van der Waals surface area (Å²) in [7, 11) is 3.89. The number of aliphatic hydroxyl groups excluding tert-OH is 1. The van der Waals surface area contributed by atoms with Gasteiger partial charge in [-0.05, 0) is 69.9 Å². The van der Waals surface area contributed by atoms with E-state index in [-0.39, 0.29) is 11.3 Å². The number of hydrogen-bond acceptors (Lipinski definition) is 5. The topological polar surface area (TPSA) is 70.1 Å². The number of aliphatic hydroxyl groups is 1. The number of benzene rings is 2. The molecule has 0 aliphatic carbocycles. The third kappa shape index (κ3) is 5.09. The molecule has 1 aliphatic heterocycles. The molecule has 8 heteroatoms. The molecule has 1 atom stereocenters. The van der Waals surface area contributed by atoms with Crippen LogP contribution in [0.1, 0.15) is 30.5 Å². The second-order valence-electron chi connectivity index (χ2n) is 7.78. The van der Waals surface area contributed by atoms with Gasteiger partial charge in [0.05, 0.1) is 23.2 Å². The molecule has 170 valence electrons. The SMILES string of the molecule is CCOc1ccc(/C(O)=C2\C(=O)C(=O)N(CCCN(C)C)[C@H]2c2cccc(Cl)c2)cc1Cl. The van der Waals surface area contributed by atoms with Crippen LogP contribution < -0.4 is 4.74 Å². The second-order valence-corrected chi connectivity index (χ2v) is 8.63. The van der Waals surface area contributed by atoms with E-state index in [0.717, 1.165) is 6.54 Å². The largest absolute Gasteiger partial charge is 0.507 e. The molecule has 0 spiro atoms. The summed E-state index contributed by atoms with van der Waals surface area (Å²) in [5, 5.41) is 11.9. The van der Waals surface area contributed by atoms with Gasteiger partial charge < -0.3 is 19.6 Å². The highest BCUT2D eigenvalue weighted by Crippen LogP contribution is 2.40. The fourth-order valence-corrected chi connectivity index (χ4v) is 4.20. The summed E-state index contributed by atoms with van der Waals surface area (Å²) in [4.78, 5) is 29.5. The summed E-state index contributed by atoms with van der Waals surface area (Å²) in [5.41, 5.74) is 0.999. The first-order valence-electron chi connectivity index (χ1n) is 10.4. The lowest BCUT2D eigenvalue weighted by atomic mass is 9.95. The summed E-state index contributed by atoms with van der Waals surface area (Å²) in [6.45, 7) is 3.39. The molecule has 0 aromatic heterocycles. The molecule has 0 saturated carbocycles. The molecule has 2 aromatic rings. The molecule has 6 nitrogen and oxygen atoms in total. The van der Waals surface area contributed by atoms with E-state index in [2.05, 4.69) is 0 Å². The zero-order valence-electron chi connectivity index (χ0n) is 18.3. The minimum atomic E-state index is -0.749. The van der Waals surface area contributed by atoms with Crippen molar-refractivity contribution in [2.75, 3.05) is 33.8 Å². The van der Waals surface area contributed by atoms with Crippen LogP contribution >= 0.6 is 23.2 Å². The van der Waals surface area contributed by atoms with Crippen molar-refractivity contribution < 1.29 is 19.4 Å². The maximum Gasteiger partial charge on any atom is 0.295 e. The number of likely N-dealkylation sites (tertiary alicyclic amines) is 1. The van der Waals surface area contributed by atoms with Gasteiger partial charge in [0.25, 0.3) is 11.7 Å². The van der Waals surface area contributed by atoms with E-state index in [4.69, 9.17) is 27.9 Å². The summed E-state index contributed by atoms with van der Waals surface area (Å²) in [5.74, 6) is -1.19. The predicted molar refractivity (Wildman–Crippen MR) is 126 cm³/mol. The molecular weight excluding hydrogens is 451 g/mol. The smallest absolute Gasteiger partial charge is 0.295 e. The number of ether oxygens (including phenoxy) is 1. The maximum absolute atomic E-state index is 13.0. The Labute approximate surface area is 198 Å². The number of hydrogen-bond donors (Lipinski definition) is 1. The Balaban J connectivity index is 2.09. The van der Waals surface area contributed by atoms with E-state index in [0.29, 0.717) is 46.5 Å². The molecule has 1 amide bonds. The molecule has 1 heterocycles. The molecule has 2 aromatic carbocycles. The Morgan fingerprint density at radius 1 is 1.16 bits per heavy atom. The van der Waals surface area contributed by atoms with Crippen LogP contribution in [0.5, 0.6) is 5.75 Å². The van der Waals surface area contributed by atoms with Crippen LogP contribution in [-0.4, -0.2) is 60.4 Å². The standard InChI is InChI=1S/C24H26Cl2N2O4/c1-4-32-19-10-9-16(14-18(19)26)22(29)20-21(15-7-5-8-17(25)13-15)28(24(31)23(20)30)12-6-11-27(2)3/h5,7-10,13-14,21,29H,4,6,11-12H2,1-3H3/b22-20+/t21-/m0/s1. The van der Waals surface area contributed by atoms with Crippen LogP contribution in [0.4, 0.5) is 0 Å². The normalized spacial score (nSPS) is 17.9. The zero-order valence-corrected chi connectivity index (χ0v) is 19.8. The van der Waals surface area contributed by atoms with Gasteiger partial charge in [0.15, 0.2) is 0 Å². The number of rotatable bonds is 8. The third-order valence-corrected chi connectivity index (χ3v) is 5.74. The third-order valence-electron chi connectivity index (χ3n) is 5.21. The predicted octanol–water partition coefficient (Wildman–Crippen LogP) is 4.77. The van der Waals surface area contributed by atoms with Gasteiger partial charge in [-0.15, -0.1) is 0 Å². The lowest BCUT2D eigenvalue weighted by Gasteiger charge is -2.26. The van der Waals surface area contributed by atoms with E-state index >= 15 is 0 Å². The van der Waals surface area contributed by atoms with Gasteiger partial charge in [-0.3, -0.25) is 9.59 Å². The van der Waals surface area contributed by atoms with Crippen molar-refractivity contribution in [3.63, 3.8) is 0 Å². The Kier molecular flexibility index (Phi) is 7.82.